The van der Waals surface area contributed by atoms with Crippen LogP contribution in [0.3, 0.4) is 0 Å². The molecule has 0 radical (unpaired) electrons. The summed E-state index contributed by atoms with van der Waals surface area (Å²) < 4.78 is 0. The topological polar surface area (TPSA) is 136 Å². The van der Waals surface area contributed by atoms with Crippen molar-refractivity contribution in [1.29, 1.82) is 0 Å². The second-order valence-corrected chi connectivity index (χ2v) is 3.73. The van der Waals surface area contributed by atoms with Gasteiger partial charge in [0.15, 0.2) is 0 Å². The van der Waals surface area contributed by atoms with Crippen LogP contribution in [0.25, 0.3) is 0 Å². The molecule has 0 aromatic heterocycles. The number of rotatable bonds is 11. The van der Waals surface area contributed by atoms with Crippen molar-refractivity contribution >= 4 is 17.9 Å². The molecule has 0 bridgehead atoms. The molecule has 0 fully saturated rings. The molecule has 0 unspecified atom stereocenters. The van der Waals surface area contributed by atoms with E-state index in [1.54, 1.807) is 0 Å². The summed E-state index contributed by atoms with van der Waals surface area (Å²) in [6.45, 7) is -0.0363. The Morgan fingerprint density at radius 3 is 2.06 bits per heavy atom. The molecule has 0 saturated carbocycles. The molecule has 8 heteroatoms. The molecular formula is C10H18N2O6. The van der Waals surface area contributed by atoms with Gasteiger partial charge < -0.3 is 20.6 Å². The zero-order valence-electron chi connectivity index (χ0n) is 9.89. The number of unbranched alkanes of at least 4 members (excludes halogenated alkanes) is 1. The van der Waals surface area contributed by atoms with E-state index in [2.05, 4.69) is 10.6 Å². The Morgan fingerprint density at radius 1 is 0.944 bits per heavy atom. The Morgan fingerprint density at radius 2 is 1.56 bits per heavy atom. The number of aliphatic carboxylic acids is 3. The van der Waals surface area contributed by atoms with Crippen LogP contribution >= 0.6 is 0 Å². The van der Waals surface area contributed by atoms with Crippen LogP contribution in [0.4, 0.5) is 0 Å². The summed E-state index contributed by atoms with van der Waals surface area (Å²) in [6, 6.07) is -0.888. The smallest absolute Gasteiger partial charge is 0.320 e. The first-order valence-electron chi connectivity index (χ1n) is 5.54. The van der Waals surface area contributed by atoms with Gasteiger partial charge in [0.2, 0.25) is 0 Å². The molecule has 0 aromatic rings. The van der Waals surface area contributed by atoms with Crippen molar-refractivity contribution in [3.63, 3.8) is 0 Å². The van der Waals surface area contributed by atoms with E-state index < -0.39 is 30.5 Å². The normalized spacial score (nSPS) is 12.0. The third-order valence-electron chi connectivity index (χ3n) is 2.17. The van der Waals surface area contributed by atoms with Crippen molar-refractivity contribution in [2.45, 2.75) is 25.3 Å². The van der Waals surface area contributed by atoms with E-state index in [0.29, 0.717) is 25.8 Å². The minimum atomic E-state index is -1.11. The van der Waals surface area contributed by atoms with Crippen molar-refractivity contribution in [1.82, 2.24) is 10.6 Å². The van der Waals surface area contributed by atoms with Gasteiger partial charge in [-0.3, -0.25) is 19.7 Å². The van der Waals surface area contributed by atoms with Crippen molar-refractivity contribution in [3.8, 4) is 0 Å². The molecule has 0 aliphatic heterocycles. The van der Waals surface area contributed by atoms with Crippen molar-refractivity contribution < 1.29 is 29.7 Å². The lowest BCUT2D eigenvalue weighted by Crippen LogP contribution is -2.39. The van der Waals surface area contributed by atoms with Gasteiger partial charge in [-0.25, -0.2) is 0 Å². The second-order valence-electron chi connectivity index (χ2n) is 3.73. The Bertz CT molecular complexity index is 294. The molecule has 0 aliphatic rings. The molecule has 0 spiro atoms. The minimum absolute atomic E-state index is 0.125. The van der Waals surface area contributed by atoms with E-state index in [-0.39, 0.29) is 6.54 Å². The van der Waals surface area contributed by atoms with Gasteiger partial charge >= 0.3 is 17.9 Å². The van der Waals surface area contributed by atoms with Crippen LogP contribution in [0.1, 0.15) is 19.3 Å². The van der Waals surface area contributed by atoms with Gasteiger partial charge in [0.25, 0.3) is 0 Å². The SMILES string of the molecule is O=C(O)CNCCCC[C@H](NCC(=O)O)C(=O)O. The summed E-state index contributed by atoms with van der Waals surface area (Å²) >= 11 is 0. The van der Waals surface area contributed by atoms with Crippen molar-refractivity contribution in [2.24, 2.45) is 0 Å². The van der Waals surface area contributed by atoms with E-state index in [4.69, 9.17) is 15.3 Å². The molecule has 5 N–H and O–H groups in total. The highest BCUT2D eigenvalue weighted by Gasteiger charge is 2.16. The maximum Gasteiger partial charge on any atom is 0.320 e. The summed E-state index contributed by atoms with van der Waals surface area (Å²) in [4.78, 5) is 31.2. The molecule has 0 amide bonds. The fourth-order valence-electron chi connectivity index (χ4n) is 1.32. The maximum atomic E-state index is 10.8. The lowest BCUT2D eigenvalue weighted by molar-refractivity contribution is -0.140. The summed E-state index contributed by atoms with van der Waals surface area (Å²) in [5.74, 6) is -3.14. The third kappa shape index (κ3) is 9.55. The van der Waals surface area contributed by atoms with Crippen LogP contribution < -0.4 is 10.6 Å². The number of carboxylic acid groups (broad SMARTS) is 3. The summed E-state index contributed by atoms with van der Waals surface area (Å²) in [7, 11) is 0. The molecular weight excluding hydrogens is 244 g/mol. The Hall–Kier alpha value is -1.67. The van der Waals surface area contributed by atoms with Crippen molar-refractivity contribution in [2.75, 3.05) is 19.6 Å². The Labute approximate surface area is 104 Å². The first-order valence-corrected chi connectivity index (χ1v) is 5.54. The first-order chi connectivity index (χ1) is 8.43. The molecule has 0 heterocycles. The van der Waals surface area contributed by atoms with Gasteiger partial charge in [-0.05, 0) is 19.4 Å². The van der Waals surface area contributed by atoms with Crippen LogP contribution in [0.2, 0.25) is 0 Å². The molecule has 18 heavy (non-hydrogen) atoms. The monoisotopic (exact) mass is 262 g/mol. The fourth-order valence-corrected chi connectivity index (χ4v) is 1.32. The highest BCUT2D eigenvalue weighted by molar-refractivity contribution is 5.75. The summed E-state index contributed by atoms with van der Waals surface area (Å²) in [5, 5.41) is 30.7. The van der Waals surface area contributed by atoms with Crippen molar-refractivity contribution in [3.05, 3.63) is 0 Å². The predicted octanol–water partition coefficient (Wildman–Crippen LogP) is -1.04. The zero-order chi connectivity index (χ0) is 14.0. The maximum absolute atomic E-state index is 10.8. The number of nitrogens with one attached hydrogen (secondary N) is 2. The van der Waals surface area contributed by atoms with Crippen LogP contribution in [0.5, 0.6) is 0 Å². The Balaban J connectivity index is 3.67. The molecule has 104 valence electrons. The van der Waals surface area contributed by atoms with Gasteiger partial charge in [0, 0.05) is 0 Å². The molecule has 8 nitrogen and oxygen atoms in total. The molecule has 0 aromatic carbocycles. The van der Waals surface area contributed by atoms with Crippen LogP contribution in [-0.4, -0.2) is 58.9 Å². The second kappa shape index (κ2) is 9.37. The van der Waals surface area contributed by atoms with E-state index in [1.807, 2.05) is 0 Å². The van der Waals surface area contributed by atoms with E-state index >= 15 is 0 Å². The van der Waals surface area contributed by atoms with Gasteiger partial charge in [-0.2, -0.15) is 0 Å². The highest BCUT2D eigenvalue weighted by atomic mass is 16.4. The number of carbonyl (C=O) groups is 3. The average molecular weight is 262 g/mol. The van der Waals surface area contributed by atoms with Crippen LogP contribution in [0, 0.1) is 0 Å². The number of hydrogen-bond acceptors (Lipinski definition) is 5. The minimum Gasteiger partial charge on any atom is -0.480 e. The van der Waals surface area contributed by atoms with Gasteiger partial charge in [0.05, 0.1) is 13.1 Å². The van der Waals surface area contributed by atoms with Crippen LogP contribution in [-0.2, 0) is 14.4 Å². The average Bonchev–Trinajstić information content (AvgIpc) is 2.25. The molecule has 0 saturated heterocycles. The van der Waals surface area contributed by atoms with Gasteiger partial charge in [-0.15, -0.1) is 0 Å². The predicted molar refractivity (Wildman–Crippen MR) is 61.4 cm³/mol. The molecule has 0 aliphatic carbocycles. The summed E-state index contributed by atoms with van der Waals surface area (Å²) in [5.41, 5.74) is 0. The largest absolute Gasteiger partial charge is 0.480 e. The third-order valence-corrected chi connectivity index (χ3v) is 2.17. The number of carboxylic acids is 3. The van der Waals surface area contributed by atoms with Gasteiger partial charge in [-0.1, -0.05) is 6.42 Å². The fraction of sp³-hybridized carbons (Fsp3) is 0.700. The Kier molecular flexibility index (Phi) is 8.50. The molecule has 1 atom stereocenters. The zero-order valence-corrected chi connectivity index (χ0v) is 9.89. The van der Waals surface area contributed by atoms with E-state index in [9.17, 15) is 14.4 Å². The quantitative estimate of drug-likeness (QED) is 0.298. The van der Waals surface area contributed by atoms with Crippen LogP contribution in [0.15, 0.2) is 0 Å². The number of hydrogen-bond donors (Lipinski definition) is 5. The lowest BCUT2D eigenvalue weighted by atomic mass is 10.1. The van der Waals surface area contributed by atoms with E-state index in [0.717, 1.165) is 0 Å². The first kappa shape index (κ1) is 16.3. The lowest BCUT2D eigenvalue weighted by Gasteiger charge is -2.12. The molecule has 0 rings (SSSR count). The van der Waals surface area contributed by atoms with E-state index in [1.165, 1.54) is 0 Å². The standard InChI is InChI=1S/C10H18N2O6/c13-8(14)5-11-4-2-1-3-7(10(17)18)12-6-9(15)16/h7,11-12H,1-6H2,(H,13,14)(H,15,16)(H,17,18)/t7-/m0/s1. The van der Waals surface area contributed by atoms with Gasteiger partial charge in [0.1, 0.15) is 6.04 Å². The highest BCUT2D eigenvalue weighted by Crippen LogP contribution is 2.00. The summed E-state index contributed by atoms with van der Waals surface area (Å²) in [6.07, 6.45) is 1.50.